The second kappa shape index (κ2) is 8.01. The van der Waals surface area contributed by atoms with Crippen molar-refractivity contribution in [3.05, 3.63) is 94.9 Å². The molecular formula is C25H15FN2O3S. The Balaban J connectivity index is 1.57. The number of carbonyl (C=O) groups excluding carboxylic acids is 3. The van der Waals surface area contributed by atoms with E-state index in [4.69, 9.17) is 0 Å². The summed E-state index contributed by atoms with van der Waals surface area (Å²) >= 11 is 0.621. The number of rotatable bonds is 4. The number of thioether (sulfide) groups is 1. The predicted molar refractivity (Wildman–Crippen MR) is 123 cm³/mol. The van der Waals surface area contributed by atoms with Crippen molar-refractivity contribution >= 4 is 56.6 Å². The van der Waals surface area contributed by atoms with Gasteiger partial charge in [0.05, 0.1) is 15.9 Å². The van der Waals surface area contributed by atoms with Crippen molar-refractivity contribution in [1.29, 1.82) is 0 Å². The maximum atomic E-state index is 15.0. The lowest BCUT2D eigenvalue weighted by Crippen LogP contribution is -2.41. The van der Waals surface area contributed by atoms with Gasteiger partial charge in [-0.25, -0.2) is 14.3 Å². The summed E-state index contributed by atoms with van der Waals surface area (Å²) in [6.07, 6.45) is -0.807. The molecule has 5 rings (SSSR count). The second-order valence-corrected chi connectivity index (χ2v) is 8.17. The van der Waals surface area contributed by atoms with Crippen molar-refractivity contribution in [1.82, 2.24) is 9.88 Å². The fraction of sp³-hybridized carbons (Fsp3) is 0.0400. The van der Waals surface area contributed by atoms with Crippen molar-refractivity contribution in [3.8, 4) is 0 Å². The molecule has 0 N–H and O–H groups in total. The van der Waals surface area contributed by atoms with Crippen molar-refractivity contribution in [2.75, 3.05) is 0 Å². The summed E-state index contributed by atoms with van der Waals surface area (Å²) in [6, 6.07) is 22.7. The molecule has 5 nitrogen and oxygen atoms in total. The first-order chi connectivity index (χ1) is 15.5. The van der Waals surface area contributed by atoms with Gasteiger partial charge in [-0.15, -0.1) is 0 Å². The molecule has 3 aromatic carbocycles. The minimum Gasteiger partial charge on any atom is -0.289 e. The van der Waals surface area contributed by atoms with Gasteiger partial charge in [-0.1, -0.05) is 66.7 Å². The van der Waals surface area contributed by atoms with Crippen molar-refractivity contribution in [2.45, 2.75) is 6.30 Å². The molecule has 156 valence electrons. The van der Waals surface area contributed by atoms with Gasteiger partial charge in [0.2, 0.25) is 12.1 Å². The van der Waals surface area contributed by atoms with E-state index in [1.165, 1.54) is 12.1 Å². The van der Waals surface area contributed by atoms with E-state index in [0.717, 1.165) is 21.8 Å². The Morgan fingerprint density at radius 3 is 2.06 bits per heavy atom. The Morgan fingerprint density at radius 1 is 0.875 bits per heavy atom. The number of imide groups is 1. The van der Waals surface area contributed by atoms with Gasteiger partial charge < -0.3 is 0 Å². The average Bonchev–Trinajstić information content (AvgIpc) is 3.11. The van der Waals surface area contributed by atoms with Crippen LogP contribution in [0.15, 0.2) is 83.8 Å². The van der Waals surface area contributed by atoms with E-state index < -0.39 is 23.2 Å². The molecule has 2 heterocycles. The molecule has 0 saturated carbocycles. The number of hydrogen-bond donors (Lipinski definition) is 0. The number of halogens is 1. The third kappa shape index (κ3) is 3.36. The summed E-state index contributed by atoms with van der Waals surface area (Å²) in [4.78, 5) is 43.1. The normalized spacial score (nSPS) is 16.3. The van der Waals surface area contributed by atoms with Gasteiger partial charge in [0.15, 0.2) is 0 Å². The Bertz CT molecular complexity index is 1380. The van der Waals surface area contributed by atoms with Crippen molar-refractivity contribution < 1.29 is 18.8 Å². The van der Waals surface area contributed by atoms with E-state index >= 15 is 0 Å². The molecule has 0 radical (unpaired) electrons. The molecule has 0 aliphatic carbocycles. The zero-order valence-electron chi connectivity index (χ0n) is 16.6. The van der Waals surface area contributed by atoms with E-state index in [9.17, 15) is 18.8 Å². The Morgan fingerprint density at radius 2 is 1.44 bits per heavy atom. The first-order valence-corrected chi connectivity index (χ1v) is 10.6. The van der Waals surface area contributed by atoms with Crippen LogP contribution in [-0.4, -0.2) is 33.1 Å². The van der Waals surface area contributed by atoms with Crippen LogP contribution in [0.2, 0.25) is 0 Å². The van der Waals surface area contributed by atoms with E-state index in [1.807, 2.05) is 48.5 Å². The minimum absolute atomic E-state index is 0.0556. The summed E-state index contributed by atoms with van der Waals surface area (Å²) in [5.41, 5.74) is 2.27. The molecule has 0 spiro atoms. The number of benzene rings is 3. The largest absolute Gasteiger partial charge is 0.296 e. The first kappa shape index (κ1) is 20.1. The lowest BCUT2D eigenvalue weighted by atomic mass is 10.0. The maximum Gasteiger partial charge on any atom is 0.296 e. The molecular weight excluding hydrogens is 427 g/mol. The second-order valence-electron chi connectivity index (χ2n) is 7.18. The molecule has 2 amide bonds. The van der Waals surface area contributed by atoms with Gasteiger partial charge in [-0.3, -0.25) is 14.4 Å². The van der Waals surface area contributed by atoms with Crippen LogP contribution in [0.4, 0.5) is 9.18 Å². The number of alkyl halides is 1. The fourth-order valence-corrected chi connectivity index (χ4v) is 4.52. The molecule has 32 heavy (non-hydrogen) atoms. The van der Waals surface area contributed by atoms with Crippen molar-refractivity contribution in [2.24, 2.45) is 0 Å². The molecule has 1 unspecified atom stereocenters. The highest BCUT2D eigenvalue weighted by atomic mass is 32.2. The van der Waals surface area contributed by atoms with Crippen LogP contribution in [-0.2, 0) is 4.79 Å². The van der Waals surface area contributed by atoms with Crippen LogP contribution >= 0.6 is 11.8 Å². The fourth-order valence-electron chi connectivity index (χ4n) is 3.69. The summed E-state index contributed by atoms with van der Waals surface area (Å²) in [7, 11) is 0. The molecule has 4 aromatic rings. The number of para-hydroxylation sites is 2. The van der Waals surface area contributed by atoms with E-state index in [-0.39, 0.29) is 10.5 Å². The Hall–Kier alpha value is -3.84. The summed E-state index contributed by atoms with van der Waals surface area (Å²) < 4.78 is 15.0. The number of Topliss-reactive ketones (excluding diaryl/α,β-unsaturated/α-hetero) is 1. The third-order valence-corrected chi connectivity index (χ3v) is 6.11. The highest BCUT2D eigenvalue weighted by Crippen LogP contribution is 2.37. The van der Waals surface area contributed by atoms with E-state index in [0.29, 0.717) is 22.2 Å². The van der Waals surface area contributed by atoms with E-state index in [1.54, 1.807) is 24.3 Å². The average molecular weight is 442 g/mol. The van der Waals surface area contributed by atoms with Crippen LogP contribution in [0.3, 0.4) is 0 Å². The Labute approximate surface area is 186 Å². The number of pyridine rings is 1. The van der Waals surface area contributed by atoms with Crippen LogP contribution in [0.1, 0.15) is 15.9 Å². The minimum atomic E-state index is -2.39. The third-order valence-electron chi connectivity index (χ3n) is 5.23. The maximum absolute atomic E-state index is 15.0. The topological polar surface area (TPSA) is 67.3 Å². The molecule has 1 aliphatic rings. The van der Waals surface area contributed by atoms with Gasteiger partial charge in [0.25, 0.3) is 11.1 Å². The molecule has 0 bridgehead atoms. The zero-order chi connectivity index (χ0) is 22.2. The van der Waals surface area contributed by atoms with Crippen LogP contribution < -0.4 is 0 Å². The van der Waals surface area contributed by atoms with Crippen LogP contribution in [0.25, 0.3) is 27.9 Å². The standard InChI is InChI=1S/C25H15FN2O3S/c26-23(22(29)15-8-2-1-3-9-15)28-24(30)21(32-25(28)31)14-18-16-10-4-6-12-19(16)27-20-13-7-5-11-17(18)20/h1-14,23H. The number of fused-ring (bicyclic) bond motifs is 2. The summed E-state index contributed by atoms with van der Waals surface area (Å²) in [5, 5.41) is 0.783. The monoisotopic (exact) mass is 442 g/mol. The van der Waals surface area contributed by atoms with Crippen LogP contribution in [0.5, 0.6) is 0 Å². The Kier molecular flexibility index (Phi) is 5.03. The molecule has 1 fully saturated rings. The summed E-state index contributed by atoms with van der Waals surface area (Å²) in [6.45, 7) is 0. The first-order valence-electron chi connectivity index (χ1n) is 9.82. The van der Waals surface area contributed by atoms with Gasteiger partial charge in [0, 0.05) is 16.3 Å². The molecule has 1 atom stereocenters. The van der Waals surface area contributed by atoms with Gasteiger partial charge in [-0.2, -0.15) is 0 Å². The van der Waals surface area contributed by atoms with E-state index in [2.05, 4.69) is 4.98 Å². The van der Waals surface area contributed by atoms with Gasteiger partial charge >= 0.3 is 0 Å². The number of ketones is 1. The number of amides is 2. The van der Waals surface area contributed by atoms with Crippen LogP contribution in [0, 0.1) is 0 Å². The number of aromatic nitrogens is 1. The zero-order valence-corrected chi connectivity index (χ0v) is 17.4. The lowest BCUT2D eigenvalue weighted by Gasteiger charge is -2.16. The molecule has 1 saturated heterocycles. The smallest absolute Gasteiger partial charge is 0.289 e. The summed E-state index contributed by atoms with van der Waals surface area (Å²) in [5.74, 6) is -1.77. The number of carbonyl (C=O) groups is 3. The predicted octanol–water partition coefficient (Wildman–Crippen LogP) is 5.60. The van der Waals surface area contributed by atoms with Crippen molar-refractivity contribution in [3.63, 3.8) is 0 Å². The highest BCUT2D eigenvalue weighted by molar-refractivity contribution is 8.18. The number of hydrogen-bond acceptors (Lipinski definition) is 5. The van der Waals surface area contributed by atoms with Gasteiger partial charge in [-0.05, 0) is 35.5 Å². The molecule has 7 heteroatoms. The molecule has 1 aromatic heterocycles. The quantitative estimate of drug-likeness (QED) is 0.178. The van der Waals surface area contributed by atoms with Gasteiger partial charge in [0.1, 0.15) is 0 Å². The highest BCUT2D eigenvalue weighted by Gasteiger charge is 2.43. The molecule has 1 aliphatic heterocycles. The number of nitrogens with zero attached hydrogens (tertiary/aromatic N) is 2. The SMILES string of the molecule is O=C(c1ccccc1)C(F)N1C(=O)SC(=Cc2c3ccccc3nc3ccccc23)C1=O. The lowest BCUT2D eigenvalue weighted by molar-refractivity contribution is -0.125.